The number of hydrogen-bond donors (Lipinski definition) is 1. The van der Waals surface area contributed by atoms with Crippen LogP contribution < -0.4 is 10.1 Å². The largest absolute Gasteiger partial charge is 0.495 e. The molecule has 2 aromatic carbocycles. The van der Waals surface area contributed by atoms with Gasteiger partial charge in [-0.05, 0) is 62.1 Å². The van der Waals surface area contributed by atoms with Crippen LogP contribution in [0.1, 0.15) is 29.2 Å². The van der Waals surface area contributed by atoms with Crippen LogP contribution in [0.2, 0.25) is 0 Å². The average molecular weight is 355 g/mol. The van der Waals surface area contributed by atoms with Gasteiger partial charge in [-0.1, -0.05) is 24.3 Å². The fourth-order valence-electron chi connectivity index (χ4n) is 2.53. The van der Waals surface area contributed by atoms with Crippen LogP contribution in [0, 0.1) is 20.8 Å². The second-order valence-electron chi connectivity index (χ2n) is 6.42. The Labute approximate surface area is 154 Å². The molecule has 0 radical (unpaired) electrons. The lowest BCUT2D eigenvalue weighted by molar-refractivity contribution is -0.152. The lowest BCUT2D eigenvalue weighted by Gasteiger charge is -2.16. The van der Waals surface area contributed by atoms with Gasteiger partial charge >= 0.3 is 5.97 Å². The first-order chi connectivity index (χ1) is 12.3. The van der Waals surface area contributed by atoms with Gasteiger partial charge in [-0.2, -0.15) is 0 Å². The van der Waals surface area contributed by atoms with Gasteiger partial charge in [0.15, 0.2) is 6.10 Å². The maximum atomic E-state index is 12.3. The molecular formula is C21H25NO4. The van der Waals surface area contributed by atoms with Crippen LogP contribution in [-0.4, -0.2) is 25.1 Å². The first-order valence-electron chi connectivity index (χ1n) is 8.51. The molecule has 5 heteroatoms. The Morgan fingerprint density at radius 2 is 1.77 bits per heavy atom. The molecule has 1 amide bonds. The Kier molecular flexibility index (Phi) is 6.39. The Hall–Kier alpha value is -2.82. The van der Waals surface area contributed by atoms with Crippen molar-refractivity contribution in [3.63, 3.8) is 0 Å². The van der Waals surface area contributed by atoms with E-state index in [0.29, 0.717) is 11.4 Å². The smallest absolute Gasteiger partial charge is 0.311 e. The molecule has 138 valence electrons. The Balaban J connectivity index is 1.97. The Morgan fingerprint density at radius 1 is 1.04 bits per heavy atom. The van der Waals surface area contributed by atoms with Crippen molar-refractivity contribution in [2.75, 3.05) is 12.4 Å². The van der Waals surface area contributed by atoms with Crippen molar-refractivity contribution < 1.29 is 19.1 Å². The van der Waals surface area contributed by atoms with Crippen LogP contribution in [0.15, 0.2) is 36.4 Å². The lowest BCUT2D eigenvalue weighted by Crippen LogP contribution is -2.30. The number of rotatable bonds is 6. The van der Waals surface area contributed by atoms with Crippen molar-refractivity contribution >= 4 is 17.6 Å². The molecule has 0 aliphatic carbocycles. The molecule has 0 aromatic heterocycles. The predicted octanol–water partition coefficient (Wildman–Crippen LogP) is 3.73. The molecule has 0 heterocycles. The summed E-state index contributed by atoms with van der Waals surface area (Å²) in [6, 6.07) is 11.3. The Morgan fingerprint density at radius 3 is 2.42 bits per heavy atom. The number of ether oxygens (including phenoxy) is 2. The van der Waals surface area contributed by atoms with E-state index in [1.165, 1.54) is 12.7 Å². The first kappa shape index (κ1) is 19.5. The second kappa shape index (κ2) is 8.52. The van der Waals surface area contributed by atoms with E-state index in [4.69, 9.17) is 9.47 Å². The number of amides is 1. The third-order valence-electron chi connectivity index (χ3n) is 4.21. The number of carbonyl (C=O) groups excluding carboxylic acids is 2. The van der Waals surface area contributed by atoms with Gasteiger partial charge in [0.05, 0.1) is 19.2 Å². The van der Waals surface area contributed by atoms with E-state index < -0.39 is 18.0 Å². The lowest BCUT2D eigenvalue weighted by atomic mass is 10.0. The zero-order valence-electron chi connectivity index (χ0n) is 15.9. The molecule has 0 aliphatic rings. The molecule has 0 bridgehead atoms. The van der Waals surface area contributed by atoms with Gasteiger partial charge in [-0.15, -0.1) is 0 Å². The van der Waals surface area contributed by atoms with Crippen molar-refractivity contribution in [2.24, 2.45) is 0 Å². The summed E-state index contributed by atoms with van der Waals surface area (Å²) in [6.45, 7) is 7.48. The van der Waals surface area contributed by atoms with Crippen molar-refractivity contribution in [3.05, 3.63) is 58.7 Å². The Bertz CT molecular complexity index is 814. The third kappa shape index (κ3) is 5.09. The number of esters is 1. The van der Waals surface area contributed by atoms with E-state index in [2.05, 4.69) is 5.32 Å². The number of methoxy groups -OCH3 is 1. The number of carbonyl (C=O) groups is 2. The maximum Gasteiger partial charge on any atom is 0.311 e. The third-order valence-corrected chi connectivity index (χ3v) is 4.21. The molecule has 0 aliphatic heterocycles. The highest BCUT2D eigenvalue weighted by Gasteiger charge is 2.19. The molecule has 0 saturated carbocycles. The zero-order valence-corrected chi connectivity index (χ0v) is 15.9. The number of benzene rings is 2. The van der Waals surface area contributed by atoms with Gasteiger partial charge in [0.1, 0.15) is 5.75 Å². The topological polar surface area (TPSA) is 64.6 Å². The number of nitrogens with one attached hydrogen (secondary N) is 1. The molecule has 2 aromatic rings. The highest BCUT2D eigenvalue weighted by Crippen LogP contribution is 2.25. The molecule has 0 spiro atoms. The van der Waals surface area contributed by atoms with E-state index in [0.717, 1.165) is 16.7 Å². The zero-order chi connectivity index (χ0) is 19.3. The standard InChI is InChI=1S/C21H25NO4/c1-13-6-9-19(25-5)18(10-13)22-21(24)16(4)26-20(23)12-17-8-7-14(2)15(3)11-17/h6-11,16H,12H2,1-5H3,(H,22,24)/t16-/m0/s1. The quantitative estimate of drug-likeness (QED) is 0.802. The summed E-state index contributed by atoms with van der Waals surface area (Å²) >= 11 is 0. The van der Waals surface area contributed by atoms with Gasteiger partial charge in [-0.25, -0.2) is 0 Å². The average Bonchev–Trinajstić information content (AvgIpc) is 2.58. The number of anilines is 1. The second-order valence-corrected chi connectivity index (χ2v) is 6.42. The maximum absolute atomic E-state index is 12.3. The summed E-state index contributed by atoms with van der Waals surface area (Å²) in [7, 11) is 1.54. The van der Waals surface area contributed by atoms with Gasteiger partial charge in [0.2, 0.25) is 0 Å². The van der Waals surface area contributed by atoms with Gasteiger partial charge in [0.25, 0.3) is 5.91 Å². The van der Waals surface area contributed by atoms with Crippen LogP contribution in [-0.2, 0) is 20.7 Å². The van der Waals surface area contributed by atoms with Crippen molar-refractivity contribution in [2.45, 2.75) is 40.2 Å². The van der Waals surface area contributed by atoms with Crippen LogP contribution in [0.25, 0.3) is 0 Å². The van der Waals surface area contributed by atoms with E-state index in [9.17, 15) is 9.59 Å². The van der Waals surface area contributed by atoms with Crippen molar-refractivity contribution in [1.29, 1.82) is 0 Å². The minimum Gasteiger partial charge on any atom is -0.495 e. The molecule has 5 nitrogen and oxygen atoms in total. The highest BCUT2D eigenvalue weighted by molar-refractivity contribution is 5.96. The summed E-state index contributed by atoms with van der Waals surface area (Å²) in [5, 5.41) is 2.75. The first-order valence-corrected chi connectivity index (χ1v) is 8.51. The monoisotopic (exact) mass is 355 g/mol. The van der Waals surface area contributed by atoms with E-state index >= 15 is 0 Å². The van der Waals surface area contributed by atoms with E-state index in [1.54, 1.807) is 19.1 Å². The summed E-state index contributed by atoms with van der Waals surface area (Å²) in [4.78, 5) is 24.5. The molecule has 1 N–H and O–H groups in total. The summed E-state index contributed by atoms with van der Waals surface area (Å²) in [6.07, 6.45) is -0.772. The van der Waals surface area contributed by atoms with Crippen LogP contribution in [0.4, 0.5) is 5.69 Å². The summed E-state index contributed by atoms with van der Waals surface area (Å²) in [5.74, 6) is -0.285. The predicted molar refractivity (Wildman–Crippen MR) is 102 cm³/mol. The molecule has 26 heavy (non-hydrogen) atoms. The van der Waals surface area contributed by atoms with Gasteiger partial charge < -0.3 is 14.8 Å². The fraction of sp³-hybridized carbons (Fsp3) is 0.333. The summed E-state index contributed by atoms with van der Waals surface area (Å²) in [5.41, 5.74) is 4.69. The van der Waals surface area contributed by atoms with Crippen molar-refractivity contribution in [1.82, 2.24) is 0 Å². The number of hydrogen-bond acceptors (Lipinski definition) is 4. The van der Waals surface area contributed by atoms with Crippen molar-refractivity contribution in [3.8, 4) is 5.75 Å². The summed E-state index contributed by atoms with van der Waals surface area (Å²) < 4.78 is 10.5. The SMILES string of the molecule is COc1ccc(C)cc1NC(=O)[C@H](C)OC(=O)Cc1ccc(C)c(C)c1. The minimum absolute atomic E-state index is 0.131. The van der Waals surface area contributed by atoms with Crippen LogP contribution in [0.5, 0.6) is 5.75 Å². The number of aryl methyl sites for hydroxylation is 3. The van der Waals surface area contributed by atoms with E-state index in [1.807, 2.05) is 45.0 Å². The van der Waals surface area contributed by atoms with Crippen LogP contribution in [0.3, 0.4) is 0 Å². The molecule has 1 atom stereocenters. The van der Waals surface area contributed by atoms with Gasteiger partial charge in [0, 0.05) is 0 Å². The minimum atomic E-state index is -0.903. The molecule has 0 unspecified atom stereocenters. The van der Waals surface area contributed by atoms with Crippen LogP contribution >= 0.6 is 0 Å². The molecule has 0 fully saturated rings. The normalized spacial score (nSPS) is 11.6. The van der Waals surface area contributed by atoms with Gasteiger partial charge in [-0.3, -0.25) is 9.59 Å². The highest BCUT2D eigenvalue weighted by atomic mass is 16.5. The molecule has 0 saturated heterocycles. The molecule has 2 rings (SSSR count). The van der Waals surface area contributed by atoms with E-state index in [-0.39, 0.29) is 6.42 Å². The molecular weight excluding hydrogens is 330 g/mol. The fourth-order valence-corrected chi connectivity index (χ4v) is 2.53.